The summed E-state index contributed by atoms with van der Waals surface area (Å²) in [6.07, 6.45) is 37.4. The Labute approximate surface area is 371 Å². The average Bonchev–Trinajstić information content (AvgIpc) is 3.30. The molecule has 9 rings (SSSR count). The zero-order valence-corrected chi connectivity index (χ0v) is 38.1. The molecule has 2 nitrogen and oxygen atoms in total. The highest BCUT2D eigenvalue weighted by Crippen LogP contribution is 2.52. The molecular weight excluding hydrogens is 749 g/mol. The fourth-order valence-electron chi connectivity index (χ4n) is 10.6. The molecule has 0 saturated heterocycles. The fourth-order valence-corrected chi connectivity index (χ4v) is 10.6. The van der Waals surface area contributed by atoms with Crippen LogP contribution in [0, 0.1) is 5.92 Å². The second-order valence-corrected chi connectivity index (χ2v) is 18.8. The predicted octanol–water partition coefficient (Wildman–Crippen LogP) is 17.0. The topological polar surface area (TPSA) is 6.48 Å². The van der Waals surface area contributed by atoms with Crippen LogP contribution in [0.3, 0.4) is 0 Å². The minimum atomic E-state index is -0.130. The Balaban J connectivity index is 1.40. The quantitative estimate of drug-likeness (QED) is 0.0915. The number of nitrogens with zero attached hydrogens (tertiary/aromatic N) is 2. The third-order valence-corrected chi connectivity index (χ3v) is 14.1. The molecule has 62 heavy (non-hydrogen) atoms. The van der Waals surface area contributed by atoms with Gasteiger partial charge in [0.2, 0.25) is 0 Å². The Hall–Kier alpha value is -5.86. The van der Waals surface area contributed by atoms with Crippen LogP contribution in [-0.4, -0.2) is 0 Å². The van der Waals surface area contributed by atoms with E-state index in [9.17, 15) is 0 Å². The molecule has 0 spiro atoms. The summed E-state index contributed by atoms with van der Waals surface area (Å²) in [5, 5.41) is 5.62. The van der Waals surface area contributed by atoms with Crippen molar-refractivity contribution in [3.05, 3.63) is 203 Å². The molecule has 0 heterocycles. The van der Waals surface area contributed by atoms with Gasteiger partial charge in [-0.05, 0) is 156 Å². The van der Waals surface area contributed by atoms with Crippen molar-refractivity contribution in [3.63, 3.8) is 0 Å². The van der Waals surface area contributed by atoms with Crippen molar-refractivity contribution in [1.29, 1.82) is 0 Å². The third kappa shape index (κ3) is 7.67. The van der Waals surface area contributed by atoms with Gasteiger partial charge in [0.05, 0.1) is 11.4 Å². The molecular formula is C60H64N2. The molecule has 2 heteroatoms. The highest BCUT2D eigenvalue weighted by atomic mass is 15.2. The molecule has 0 aliphatic heterocycles. The van der Waals surface area contributed by atoms with E-state index in [1.165, 1.54) is 89.1 Å². The number of rotatable bonds is 12. The number of para-hydroxylation sites is 1. The lowest BCUT2D eigenvalue weighted by atomic mass is 9.70. The first-order valence-electron chi connectivity index (χ1n) is 23.4. The van der Waals surface area contributed by atoms with Crippen LogP contribution in [0.1, 0.15) is 120 Å². The SMILES string of the molecule is CC/C(=C\C=C(/C)N(C1=CC=CCC1)c1cc(C2(C)C=CC=CC2)c2c3c1ccc1c(C4C=CC=CC4)cc(N(c4ccccc4)c4ccc(C(C)C)cc4)c(c13)CC2)C(C)C. The van der Waals surface area contributed by atoms with Crippen LogP contribution in [0.5, 0.6) is 0 Å². The summed E-state index contributed by atoms with van der Waals surface area (Å²) < 4.78 is 0. The van der Waals surface area contributed by atoms with E-state index in [4.69, 9.17) is 0 Å². The van der Waals surface area contributed by atoms with Crippen molar-refractivity contribution >= 4 is 44.3 Å². The first kappa shape index (κ1) is 41.5. The summed E-state index contributed by atoms with van der Waals surface area (Å²) in [7, 11) is 0. The van der Waals surface area contributed by atoms with Gasteiger partial charge in [-0.1, -0.05) is 156 Å². The highest BCUT2D eigenvalue weighted by Gasteiger charge is 2.34. The van der Waals surface area contributed by atoms with Gasteiger partial charge in [0.25, 0.3) is 0 Å². The summed E-state index contributed by atoms with van der Waals surface area (Å²) in [6, 6.07) is 30.6. The van der Waals surface area contributed by atoms with Crippen LogP contribution < -0.4 is 9.80 Å². The van der Waals surface area contributed by atoms with Crippen LogP contribution in [0.15, 0.2) is 175 Å². The van der Waals surface area contributed by atoms with Crippen LogP contribution >= 0.6 is 0 Å². The monoisotopic (exact) mass is 813 g/mol. The van der Waals surface area contributed by atoms with Crippen molar-refractivity contribution in [2.75, 3.05) is 9.80 Å². The minimum Gasteiger partial charge on any atom is -0.318 e. The first-order valence-corrected chi connectivity index (χ1v) is 23.4. The molecule has 4 aliphatic carbocycles. The van der Waals surface area contributed by atoms with Crippen molar-refractivity contribution in [2.24, 2.45) is 5.92 Å². The van der Waals surface area contributed by atoms with E-state index >= 15 is 0 Å². The van der Waals surface area contributed by atoms with Gasteiger partial charge < -0.3 is 9.80 Å². The number of anilines is 4. The molecule has 5 aromatic carbocycles. The average molecular weight is 813 g/mol. The molecule has 0 radical (unpaired) electrons. The molecule has 314 valence electrons. The van der Waals surface area contributed by atoms with E-state index in [0.717, 1.165) is 44.9 Å². The standard InChI is InChI=1S/C60H64N2/c1-8-44(41(2)3)28-27-43(6)61(47-23-15-10-16-24-47)57-40-55(60(7)37-19-12-20-38-60)51-34-36-52-56(62(48-25-17-11-18-26-48)49-31-29-45(30-32-49)42(4)5)39-54(46-21-13-9-14-22-46)50-33-35-53(57)59(51)58(50)52/h9-15,17-21,23,25-33,35,37,39-42,46H,8,16,22,24,34,36,38H2,1-7H3/b43-27+,44-28+. The smallest absolute Gasteiger partial charge is 0.0536 e. The number of aryl methyl sites for hydroxylation is 2. The predicted molar refractivity (Wildman–Crippen MR) is 269 cm³/mol. The van der Waals surface area contributed by atoms with Gasteiger partial charge in [0.1, 0.15) is 0 Å². The van der Waals surface area contributed by atoms with Gasteiger partial charge in [-0.3, -0.25) is 0 Å². The third-order valence-electron chi connectivity index (χ3n) is 14.1. The number of benzene rings is 5. The molecule has 0 saturated carbocycles. The summed E-state index contributed by atoms with van der Waals surface area (Å²) in [5.74, 6) is 1.26. The number of allylic oxidation sites excluding steroid dienone is 16. The van der Waals surface area contributed by atoms with Gasteiger partial charge in [0, 0.05) is 39.5 Å². The summed E-state index contributed by atoms with van der Waals surface area (Å²) in [4.78, 5) is 5.17. The Kier molecular flexibility index (Phi) is 11.7. The normalized spacial score (nSPS) is 19.7. The van der Waals surface area contributed by atoms with Crippen LogP contribution in [-0.2, 0) is 18.3 Å². The van der Waals surface area contributed by atoms with E-state index in [2.05, 4.69) is 216 Å². The maximum atomic E-state index is 2.62. The van der Waals surface area contributed by atoms with Crippen molar-refractivity contribution in [2.45, 2.75) is 111 Å². The lowest BCUT2D eigenvalue weighted by Gasteiger charge is -2.38. The summed E-state index contributed by atoms with van der Waals surface area (Å²) >= 11 is 0. The number of hydrogen-bond acceptors (Lipinski definition) is 2. The van der Waals surface area contributed by atoms with Crippen LogP contribution in [0.2, 0.25) is 0 Å². The summed E-state index contributed by atoms with van der Waals surface area (Å²) in [5.41, 5.74) is 16.1. The Morgan fingerprint density at radius 1 is 0.742 bits per heavy atom. The van der Waals surface area contributed by atoms with Gasteiger partial charge in [0.15, 0.2) is 0 Å². The molecule has 0 aromatic heterocycles. The largest absolute Gasteiger partial charge is 0.318 e. The van der Waals surface area contributed by atoms with Gasteiger partial charge >= 0.3 is 0 Å². The lowest BCUT2D eigenvalue weighted by Crippen LogP contribution is -2.26. The molecule has 4 aliphatic rings. The Morgan fingerprint density at radius 3 is 2.16 bits per heavy atom. The highest BCUT2D eigenvalue weighted by molar-refractivity contribution is 6.18. The molecule has 0 amide bonds. The number of hydrogen-bond donors (Lipinski definition) is 0. The van der Waals surface area contributed by atoms with Gasteiger partial charge in [-0.25, -0.2) is 0 Å². The van der Waals surface area contributed by atoms with Gasteiger partial charge in [-0.2, -0.15) is 0 Å². The molecule has 2 atom stereocenters. The van der Waals surface area contributed by atoms with Crippen molar-refractivity contribution in [3.8, 4) is 0 Å². The van der Waals surface area contributed by atoms with Crippen LogP contribution in [0.4, 0.5) is 22.7 Å². The van der Waals surface area contributed by atoms with Gasteiger partial charge in [-0.15, -0.1) is 0 Å². The Morgan fingerprint density at radius 2 is 1.48 bits per heavy atom. The maximum absolute atomic E-state index is 2.62. The van der Waals surface area contributed by atoms with E-state index < -0.39 is 0 Å². The van der Waals surface area contributed by atoms with Crippen molar-refractivity contribution in [1.82, 2.24) is 0 Å². The molecule has 5 aromatic rings. The molecule has 0 N–H and O–H groups in total. The zero-order chi connectivity index (χ0) is 43.0. The Bertz CT molecular complexity index is 2740. The first-order chi connectivity index (χ1) is 30.2. The maximum Gasteiger partial charge on any atom is 0.0536 e. The second kappa shape index (κ2) is 17.5. The zero-order valence-electron chi connectivity index (χ0n) is 38.1. The minimum absolute atomic E-state index is 0.130. The summed E-state index contributed by atoms with van der Waals surface area (Å²) in [6.45, 7) is 16.3. The lowest BCUT2D eigenvalue weighted by molar-refractivity contribution is 0.592. The molecule has 0 fully saturated rings. The molecule has 2 unspecified atom stereocenters. The molecule has 0 bridgehead atoms. The van der Waals surface area contributed by atoms with E-state index in [-0.39, 0.29) is 11.3 Å². The second-order valence-electron chi connectivity index (χ2n) is 18.8. The van der Waals surface area contributed by atoms with E-state index in [0.29, 0.717) is 11.8 Å². The van der Waals surface area contributed by atoms with Crippen LogP contribution in [0.25, 0.3) is 21.5 Å². The fraction of sp³-hybridized carbons (Fsp3) is 0.300. The van der Waals surface area contributed by atoms with E-state index in [1.54, 1.807) is 0 Å². The van der Waals surface area contributed by atoms with Crippen molar-refractivity contribution < 1.29 is 0 Å². The van der Waals surface area contributed by atoms with E-state index in [1.807, 2.05) is 0 Å².